The molecule has 0 bridgehead atoms. The number of aryl methyl sites for hydroxylation is 1. The number of hydrogen-bond donors (Lipinski definition) is 2. The molecule has 21 heavy (non-hydrogen) atoms. The van der Waals surface area contributed by atoms with Crippen LogP contribution in [-0.4, -0.2) is 47.9 Å². The molecule has 1 saturated heterocycles. The average molecular weight is 292 g/mol. The first kappa shape index (κ1) is 15.6. The molecule has 1 fully saturated rings. The van der Waals surface area contributed by atoms with Gasteiger partial charge in [0.1, 0.15) is 12.4 Å². The molecule has 2 amide bonds. The summed E-state index contributed by atoms with van der Waals surface area (Å²) in [5.74, 6) is 0.802. The summed E-state index contributed by atoms with van der Waals surface area (Å²) in [6, 6.07) is 7.69. The first-order valence-electron chi connectivity index (χ1n) is 7.41. The third-order valence-electron chi connectivity index (χ3n) is 4.00. The van der Waals surface area contributed by atoms with E-state index in [-0.39, 0.29) is 12.6 Å². The lowest BCUT2D eigenvalue weighted by atomic mass is 10.0. The SMILES string of the molecule is Cc1ccc(OCCNC(=O)N2CCCC2(C)CO)cc1. The van der Waals surface area contributed by atoms with Crippen LogP contribution in [0.15, 0.2) is 24.3 Å². The Morgan fingerprint density at radius 1 is 1.43 bits per heavy atom. The van der Waals surface area contributed by atoms with Crippen LogP contribution in [0, 0.1) is 6.92 Å². The van der Waals surface area contributed by atoms with Gasteiger partial charge in [-0.3, -0.25) is 0 Å². The van der Waals surface area contributed by atoms with Crippen LogP contribution in [0.5, 0.6) is 5.75 Å². The highest BCUT2D eigenvalue weighted by Gasteiger charge is 2.38. The van der Waals surface area contributed by atoms with Crippen LogP contribution in [0.25, 0.3) is 0 Å². The number of carbonyl (C=O) groups is 1. The van der Waals surface area contributed by atoms with Crippen molar-refractivity contribution in [1.29, 1.82) is 0 Å². The van der Waals surface area contributed by atoms with E-state index < -0.39 is 5.54 Å². The van der Waals surface area contributed by atoms with Crippen LogP contribution in [0.4, 0.5) is 4.79 Å². The minimum atomic E-state index is -0.429. The molecule has 0 saturated carbocycles. The van der Waals surface area contributed by atoms with Gasteiger partial charge in [0.15, 0.2) is 0 Å². The topological polar surface area (TPSA) is 61.8 Å². The summed E-state index contributed by atoms with van der Waals surface area (Å²) in [5, 5.41) is 12.3. The van der Waals surface area contributed by atoms with Gasteiger partial charge in [0.25, 0.3) is 0 Å². The minimum absolute atomic E-state index is 0.000284. The lowest BCUT2D eigenvalue weighted by Crippen LogP contribution is -2.52. The van der Waals surface area contributed by atoms with Crippen LogP contribution in [-0.2, 0) is 0 Å². The van der Waals surface area contributed by atoms with E-state index in [0.717, 1.165) is 18.6 Å². The van der Waals surface area contributed by atoms with Crippen LogP contribution < -0.4 is 10.1 Å². The minimum Gasteiger partial charge on any atom is -0.492 e. The Labute approximate surface area is 125 Å². The molecule has 1 heterocycles. The highest BCUT2D eigenvalue weighted by molar-refractivity contribution is 5.75. The van der Waals surface area contributed by atoms with Gasteiger partial charge in [0.2, 0.25) is 0 Å². The van der Waals surface area contributed by atoms with Crippen molar-refractivity contribution in [2.24, 2.45) is 0 Å². The summed E-state index contributed by atoms with van der Waals surface area (Å²) in [6.45, 7) is 5.52. The number of nitrogens with one attached hydrogen (secondary N) is 1. The standard InChI is InChI=1S/C16H24N2O3/c1-13-4-6-14(7-5-13)21-11-9-17-15(20)18-10-3-8-16(18,2)12-19/h4-7,19H,3,8-12H2,1-2H3,(H,17,20). The lowest BCUT2D eigenvalue weighted by molar-refractivity contribution is 0.0969. The molecule has 1 aliphatic heterocycles. The summed E-state index contributed by atoms with van der Waals surface area (Å²) in [4.78, 5) is 13.8. The Bertz CT molecular complexity index is 475. The first-order chi connectivity index (χ1) is 10.0. The van der Waals surface area contributed by atoms with Gasteiger partial charge in [0.05, 0.1) is 18.7 Å². The van der Waals surface area contributed by atoms with E-state index in [1.807, 2.05) is 38.1 Å². The van der Waals surface area contributed by atoms with Gasteiger partial charge in [-0.25, -0.2) is 4.79 Å². The van der Waals surface area contributed by atoms with Gasteiger partial charge in [0, 0.05) is 6.54 Å². The molecule has 2 N–H and O–H groups in total. The number of nitrogens with zero attached hydrogens (tertiary/aromatic N) is 1. The number of amides is 2. The number of benzene rings is 1. The summed E-state index contributed by atoms with van der Waals surface area (Å²) >= 11 is 0. The number of hydrogen-bond acceptors (Lipinski definition) is 3. The quantitative estimate of drug-likeness (QED) is 0.815. The third kappa shape index (κ3) is 3.88. The largest absolute Gasteiger partial charge is 0.492 e. The molecule has 0 spiro atoms. The normalized spacial score (nSPS) is 21.4. The number of carbonyl (C=O) groups excluding carboxylic acids is 1. The molecule has 5 nitrogen and oxygen atoms in total. The molecule has 116 valence electrons. The smallest absolute Gasteiger partial charge is 0.318 e. The van der Waals surface area contributed by atoms with E-state index in [4.69, 9.17) is 4.74 Å². The monoisotopic (exact) mass is 292 g/mol. The van der Waals surface area contributed by atoms with Crippen molar-refractivity contribution in [2.75, 3.05) is 26.3 Å². The molecule has 1 aromatic carbocycles. The van der Waals surface area contributed by atoms with Crippen molar-refractivity contribution in [2.45, 2.75) is 32.2 Å². The maximum Gasteiger partial charge on any atom is 0.318 e. The number of rotatable bonds is 5. The molecule has 1 unspecified atom stereocenters. The van der Waals surface area contributed by atoms with E-state index in [9.17, 15) is 9.90 Å². The maximum absolute atomic E-state index is 12.1. The van der Waals surface area contributed by atoms with Crippen molar-refractivity contribution in [3.63, 3.8) is 0 Å². The zero-order valence-corrected chi connectivity index (χ0v) is 12.8. The van der Waals surface area contributed by atoms with E-state index in [1.54, 1.807) is 4.90 Å². The molecular weight excluding hydrogens is 268 g/mol. The Hall–Kier alpha value is -1.75. The fourth-order valence-corrected chi connectivity index (χ4v) is 2.59. The Kier molecular flexibility index (Phi) is 5.07. The summed E-state index contributed by atoms with van der Waals surface area (Å²) in [6.07, 6.45) is 1.78. The fraction of sp³-hybridized carbons (Fsp3) is 0.562. The second-order valence-electron chi connectivity index (χ2n) is 5.80. The number of aliphatic hydroxyl groups excluding tert-OH is 1. The maximum atomic E-state index is 12.1. The van der Waals surface area contributed by atoms with Crippen molar-refractivity contribution in [1.82, 2.24) is 10.2 Å². The summed E-state index contributed by atoms with van der Waals surface area (Å²) in [5.41, 5.74) is 0.759. The molecule has 5 heteroatoms. The zero-order valence-electron chi connectivity index (χ0n) is 12.8. The van der Waals surface area contributed by atoms with Crippen LogP contribution in [0.2, 0.25) is 0 Å². The molecule has 0 aromatic heterocycles. The predicted octanol–water partition coefficient (Wildman–Crippen LogP) is 1.93. The molecule has 1 aromatic rings. The van der Waals surface area contributed by atoms with E-state index in [2.05, 4.69) is 5.32 Å². The Morgan fingerprint density at radius 2 is 2.14 bits per heavy atom. The molecule has 2 rings (SSSR count). The van der Waals surface area contributed by atoms with Gasteiger partial charge in [-0.15, -0.1) is 0 Å². The molecular formula is C16H24N2O3. The second-order valence-corrected chi connectivity index (χ2v) is 5.80. The fourth-order valence-electron chi connectivity index (χ4n) is 2.59. The van der Waals surface area contributed by atoms with Crippen molar-refractivity contribution in [3.8, 4) is 5.75 Å². The van der Waals surface area contributed by atoms with Crippen LogP contribution >= 0.6 is 0 Å². The second kappa shape index (κ2) is 6.80. The summed E-state index contributed by atoms with van der Waals surface area (Å²) < 4.78 is 5.57. The molecule has 1 atom stereocenters. The Morgan fingerprint density at radius 3 is 2.81 bits per heavy atom. The Balaban J connectivity index is 1.73. The lowest BCUT2D eigenvalue weighted by Gasteiger charge is -2.33. The van der Waals surface area contributed by atoms with E-state index >= 15 is 0 Å². The number of urea groups is 1. The zero-order chi connectivity index (χ0) is 15.3. The van der Waals surface area contributed by atoms with Gasteiger partial charge in [-0.1, -0.05) is 17.7 Å². The predicted molar refractivity (Wildman–Crippen MR) is 81.5 cm³/mol. The van der Waals surface area contributed by atoms with Gasteiger partial charge in [-0.2, -0.15) is 0 Å². The van der Waals surface area contributed by atoms with Gasteiger partial charge >= 0.3 is 6.03 Å². The van der Waals surface area contributed by atoms with Crippen molar-refractivity contribution < 1.29 is 14.6 Å². The first-order valence-corrected chi connectivity index (χ1v) is 7.41. The number of aliphatic hydroxyl groups is 1. The van der Waals surface area contributed by atoms with Gasteiger partial charge in [-0.05, 0) is 38.8 Å². The highest BCUT2D eigenvalue weighted by atomic mass is 16.5. The highest BCUT2D eigenvalue weighted by Crippen LogP contribution is 2.28. The van der Waals surface area contributed by atoms with Crippen molar-refractivity contribution in [3.05, 3.63) is 29.8 Å². The average Bonchev–Trinajstić information content (AvgIpc) is 2.88. The molecule has 0 radical (unpaired) electrons. The van der Waals surface area contributed by atoms with E-state index in [1.165, 1.54) is 5.56 Å². The third-order valence-corrected chi connectivity index (χ3v) is 4.00. The molecule has 1 aliphatic rings. The summed E-state index contributed by atoms with van der Waals surface area (Å²) in [7, 11) is 0. The molecule has 0 aliphatic carbocycles. The van der Waals surface area contributed by atoms with E-state index in [0.29, 0.717) is 19.7 Å². The van der Waals surface area contributed by atoms with Crippen molar-refractivity contribution >= 4 is 6.03 Å². The van der Waals surface area contributed by atoms with Gasteiger partial charge < -0.3 is 20.1 Å². The number of ether oxygens (including phenoxy) is 1. The number of likely N-dealkylation sites (tertiary alicyclic amines) is 1. The van der Waals surface area contributed by atoms with Crippen LogP contribution in [0.3, 0.4) is 0 Å². The van der Waals surface area contributed by atoms with Crippen LogP contribution in [0.1, 0.15) is 25.3 Å².